The quantitative estimate of drug-likeness (QED) is 0.491. The Kier molecular flexibility index (Phi) is 5.46. The van der Waals surface area contributed by atoms with Crippen LogP contribution in [0.1, 0.15) is 19.4 Å². The van der Waals surface area contributed by atoms with Crippen molar-refractivity contribution in [1.29, 1.82) is 0 Å². The summed E-state index contributed by atoms with van der Waals surface area (Å²) in [7, 11) is 1.52. The summed E-state index contributed by atoms with van der Waals surface area (Å²) >= 11 is 0. The van der Waals surface area contributed by atoms with E-state index in [4.69, 9.17) is 14.6 Å². The van der Waals surface area contributed by atoms with Crippen LogP contribution in [0.3, 0.4) is 0 Å². The molecule has 20 heavy (non-hydrogen) atoms. The second-order valence-corrected chi connectivity index (χ2v) is 4.95. The van der Waals surface area contributed by atoms with Crippen LogP contribution in [-0.2, 0) is 14.3 Å². The third kappa shape index (κ3) is 4.85. The number of aliphatic carboxylic acids is 1. The van der Waals surface area contributed by atoms with E-state index in [0.717, 1.165) is 6.08 Å². The van der Waals surface area contributed by atoms with E-state index >= 15 is 0 Å². The molecular weight excluding hydrogens is 260 g/mol. The monoisotopic (exact) mass is 278 g/mol. The van der Waals surface area contributed by atoms with Gasteiger partial charge < -0.3 is 14.6 Å². The standard InChI is InChI=1S/C15H18O5/c1-15(2,10-19-3)14(18)20-12-6-4-5-11(9-12)7-8-13(16)17/h4-9H,10H2,1-3H3,(H,16,17)/b8-7+. The van der Waals surface area contributed by atoms with Crippen molar-refractivity contribution in [2.24, 2.45) is 5.41 Å². The Morgan fingerprint density at radius 2 is 2.05 bits per heavy atom. The number of carbonyl (C=O) groups is 2. The van der Waals surface area contributed by atoms with Gasteiger partial charge in [0.2, 0.25) is 0 Å². The van der Waals surface area contributed by atoms with Gasteiger partial charge in [-0.15, -0.1) is 0 Å². The van der Waals surface area contributed by atoms with Crippen LogP contribution < -0.4 is 4.74 Å². The van der Waals surface area contributed by atoms with Gasteiger partial charge in [0.05, 0.1) is 12.0 Å². The summed E-state index contributed by atoms with van der Waals surface area (Å²) in [6.45, 7) is 3.71. The molecule has 0 unspecified atom stereocenters. The fourth-order valence-corrected chi connectivity index (χ4v) is 1.51. The van der Waals surface area contributed by atoms with Crippen molar-refractivity contribution in [2.75, 3.05) is 13.7 Å². The molecule has 0 atom stereocenters. The minimum absolute atomic E-state index is 0.254. The summed E-state index contributed by atoms with van der Waals surface area (Å²) in [5.41, 5.74) is -0.107. The van der Waals surface area contributed by atoms with Crippen molar-refractivity contribution >= 4 is 18.0 Å². The Labute approximate surface area is 117 Å². The lowest BCUT2D eigenvalue weighted by molar-refractivity contribution is -0.146. The normalized spacial score (nSPS) is 11.6. The van der Waals surface area contributed by atoms with Crippen LogP contribution in [0.25, 0.3) is 6.08 Å². The number of hydrogen-bond acceptors (Lipinski definition) is 4. The maximum Gasteiger partial charge on any atom is 0.328 e. The van der Waals surface area contributed by atoms with E-state index in [2.05, 4.69) is 0 Å². The van der Waals surface area contributed by atoms with Gasteiger partial charge in [-0.25, -0.2) is 4.79 Å². The molecule has 5 heteroatoms. The van der Waals surface area contributed by atoms with Gasteiger partial charge in [0.1, 0.15) is 5.75 Å². The third-order valence-corrected chi connectivity index (χ3v) is 2.54. The summed E-state index contributed by atoms with van der Waals surface area (Å²) in [4.78, 5) is 22.4. The molecule has 0 saturated carbocycles. The Morgan fingerprint density at radius 1 is 1.35 bits per heavy atom. The Morgan fingerprint density at radius 3 is 2.65 bits per heavy atom. The van der Waals surface area contributed by atoms with Gasteiger partial charge in [0.15, 0.2) is 0 Å². The highest BCUT2D eigenvalue weighted by Crippen LogP contribution is 2.21. The summed E-state index contributed by atoms with van der Waals surface area (Å²) in [5, 5.41) is 8.57. The second-order valence-electron chi connectivity index (χ2n) is 4.95. The number of hydrogen-bond donors (Lipinski definition) is 1. The molecule has 0 fully saturated rings. The van der Waals surface area contributed by atoms with E-state index in [-0.39, 0.29) is 6.61 Å². The minimum atomic E-state index is -1.03. The van der Waals surface area contributed by atoms with Crippen molar-refractivity contribution < 1.29 is 24.2 Å². The van der Waals surface area contributed by atoms with E-state index in [1.165, 1.54) is 13.2 Å². The minimum Gasteiger partial charge on any atom is -0.478 e. The maximum absolute atomic E-state index is 12.0. The topological polar surface area (TPSA) is 72.8 Å². The lowest BCUT2D eigenvalue weighted by Gasteiger charge is -2.21. The summed E-state index contributed by atoms with van der Waals surface area (Å²) < 4.78 is 10.3. The number of esters is 1. The van der Waals surface area contributed by atoms with E-state index < -0.39 is 17.4 Å². The van der Waals surface area contributed by atoms with Crippen molar-refractivity contribution in [3.05, 3.63) is 35.9 Å². The maximum atomic E-state index is 12.0. The lowest BCUT2D eigenvalue weighted by atomic mass is 9.95. The fraction of sp³-hybridized carbons (Fsp3) is 0.333. The number of methoxy groups -OCH3 is 1. The van der Waals surface area contributed by atoms with Gasteiger partial charge in [-0.3, -0.25) is 4.79 Å². The molecule has 0 aliphatic rings. The number of carbonyl (C=O) groups excluding carboxylic acids is 1. The van der Waals surface area contributed by atoms with Crippen molar-refractivity contribution in [3.8, 4) is 5.75 Å². The molecule has 1 N–H and O–H groups in total. The molecule has 0 aliphatic carbocycles. The van der Waals surface area contributed by atoms with Gasteiger partial charge in [0.25, 0.3) is 0 Å². The van der Waals surface area contributed by atoms with Crippen LogP contribution in [0.15, 0.2) is 30.3 Å². The smallest absolute Gasteiger partial charge is 0.328 e. The van der Waals surface area contributed by atoms with Crippen molar-refractivity contribution in [3.63, 3.8) is 0 Å². The zero-order valence-corrected chi connectivity index (χ0v) is 11.8. The van der Waals surface area contributed by atoms with E-state index in [1.807, 2.05) is 0 Å². The van der Waals surface area contributed by atoms with Crippen LogP contribution >= 0.6 is 0 Å². The first-order valence-corrected chi connectivity index (χ1v) is 6.07. The Bertz CT molecular complexity index is 517. The first kappa shape index (κ1) is 15.9. The number of ether oxygens (including phenoxy) is 2. The van der Waals surface area contributed by atoms with Gasteiger partial charge in [-0.1, -0.05) is 12.1 Å². The molecule has 1 aromatic carbocycles. The molecule has 0 amide bonds. The van der Waals surface area contributed by atoms with E-state index in [0.29, 0.717) is 11.3 Å². The molecule has 0 heterocycles. The Hall–Kier alpha value is -2.14. The highest BCUT2D eigenvalue weighted by molar-refractivity contribution is 5.85. The molecule has 0 saturated heterocycles. The van der Waals surface area contributed by atoms with Gasteiger partial charge >= 0.3 is 11.9 Å². The molecule has 1 rings (SSSR count). The van der Waals surface area contributed by atoms with Gasteiger partial charge in [-0.2, -0.15) is 0 Å². The second kappa shape index (κ2) is 6.86. The van der Waals surface area contributed by atoms with Crippen molar-refractivity contribution in [2.45, 2.75) is 13.8 Å². The molecule has 0 radical (unpaired) electrons. The fourth-order valence-electron chi connectivity index (χ4n) is 1.51. The molecule has 0 spiro atoms. The van der Waals surface area contributed by atoms with E-state index in [1.54, 1.807) is 38.1 Å². The number of rotatable bonds is 6. The van der Waals surface area contributed by atoms with Crippen LogP contribution in [0.2, 0.25) is 0 Å². The molecular formula is C15H18O5. The predicted molar refractivity (Wildman–Crippen MR) is 74.4 cm³/mol. The highest BCUT2D eigenvalue weighted by Gasteiger charge is 2.29. The van der Waals surface area contributed by atoms with Crippen LogP contribution in [0.4, 0.5) is 0 Å². The first-order chi connectivity index (χ1) is 9.35. The van der Waals surface area contributed by atoms with Gasteiger partial charge in [-0.05, 0) is 37.6 Å². The van der Waals surface area contributed by atoms with Gasteiger partial charge in [0, 0.05) is 13.2 Å². The summed E-state index contributed by atoms with van der Waals surface area (Å²) in [6, 6.07) is 6.64. The molecule has 108 valence electrons. The van der Waals surface area contributed by atoms with Crippen molar-refractivity contribution in [1.82, 2.24) is 0 Å². The zero-order valence-electron chi connectivity index (χ0n) is 11.8. The van der Waals surface area contributed by atoms with Crippen LogP contribution in [0, 0.1) is 5.41 Å². The van der Waals surface area contributed by atoms with Crippen LogP contribution in [0.5, 0.6) is 5.75 Å². The highest BCUT2D eigenvalue weighted by atomic mass is 16.5. The molecule has 1 aromatic rings. The molecule has 0 aliphatic heterocycles. The largest absolute Gasteiger partial charge is 0.478 e. The first-order valence-electron chi connectivity index (χ1n) is 6.07. The summed E-state index contributed by atoms with van der Waals surface area (Å²) in [6.07, 6.45) is 2.45. The number of carboxylic acids is 1. The molecule has 0 bridgehead atoms. The zero-order chi connectivity index (χ0) is 15.2. The average Bonchev–Trinajstić information content (AvgIpc) is 2.36. The van der Waals surface area contributed by atoms with Crippen LogP contribution in [-0.4, -0.2) is 30.8 Å². The lowest BCUT2D eigenvalue weighted by Crippen LogP contribution is -2.33. The summed E-state index contributed by atoms with van der Waals surface area (Å²) in [5.74, 6) is -1.07. The van der Waals surface area contributed by atoms with E-state index in [9.17, 15) is 9.59 Å². The third-order valence-electron chi connectivity index (χ3n) is 2.54. The molecule has 5 nitrogen and oxygen atoms in total. The number of carboxylic acid groups (broad SMARTS) is 1. The predicted octanol–water partition coefficient (Wildman–Crippen LogP) is 2.36. The molecule has 0 aromatic heterocycles. The SMILES string of the molecule is COCC(C)(C)C(=O)Oc1cccc(/C=C/C(=O)O)c1. The number of benzene rings is 1. The Balaban J connectivity index is 2.81. The average molecular weight is 278 g/mol.